The minimum absolute atomic E-state index is 0.0223. The molecule has 3 rings (SSSR count). The number of benzene rings is 1. The molecule has 1 N–H and O–H groups in total. The second-order valence-corrected chi connectivity index (χ2v) is 5.50. The summed E-state index contributed by atoms with van der Waals surface area (Å²) in [5.41, 5.74) is 2.95. The Hall–Kier alpha value is -1.84. The Kier molecular flexibility index (Phi) is 3.95. The van der Waals surface area contributed by atoms with Gasteiger partial charge >= 0.3 is 0 Å². The maximum Gasteiger partial charge on any atom is 0.152 e. The Labute approximate surface area is 128 Å². The Morgan fingerprint density at radius 1 is 1.29 bits per heavy atom. The molecular weight excluding hydrogens is 284 g/mol. The van der Waals surface area contributed by atoms with Crippen molar-refractivity contribution in [2.24, 2.45) is 0 Å². The number of aromatic nitrogens is 1. The van der Waals surface area contributed by atoms with Gasteiger partial charge in [0.2, 0.25) is 0 Å². The van der Waals surface area contributed by atoms with Crippen molar-refractivity contribution in [1.29, 1.82) is 0 Å². The molecule has 108 valence electrons. The summed E-state index contributed by atoms with van der Waals surface area (Å²) in [5, 5.41) is 5.10. The first-order chi connectivity index (χ1) is 10.2. The fourth-order valence-corrected chi connectivity index (χ4v) is 2.73. The smallest absolute Gasteiger partial charge is 0.152 e. The van der Waals surface area contributed by atoms with E-state index in [2.05, 4.69) is 23.3 Å². The lowest BCUT2D eigenvalue weighted by Crippen LogP contribution is -2.21. The first kappa shape index (κ1) is 14.1. The number of nitrogens with zero attached hydrogens (tertiary/aromatic N) is 1. The molecule has 1 atom stereocenters. The second-order valence-electron chi connectivity index (χ2n) is 5.09. The van der Waals surface area contributed by atoms with Gasteiger partial charge in [0.1, 0.15) is 5.76 Å². The van der Waals surface area contributed by atoms with E-state index in [0.29, 0.717) is 5.02 Å². The predicted molar refractivity (Wildman–Crippen MR) is 85.7 cm³/mol. The second kappa shape index (κ2) is 5.88. The van der Waals surface area contributed by atoms with Gasteiger partial charge < -0.3 is 9.73 Å². The number of pyridine rings is 1. The third-order valence-electron chi connectivity index (χ3n) is 3.44. The summed E-state index contributed by atoms with van der Waals surface area (Å²) in [4.78, 5) is 4.28. The van der Waals surface area contributed by atoms with Crippen molar-refractivity contribution in [1.82, 2.24) is 10.3 Å². The standard InChI is InChI=1S/C17H17ClN2O/c1-3-20-16(13-7-11(2)9-19-10-13)15-8-12-5-4-6-14(18)17(12)21-15/h4-10,16,20H,3H2,1-2H3. The molecule has 3 aromatic rings. The van der Waals surface area contributed by atoms with E-state index >= 15 is 0 Å². The summed E-state index contributed by atoms with van der Waals surface area (Å²) < 4.78 is 5.99. The molecule has 1 aromatic carbocycles. The Balaban J connectivity index is 2.09. The van der Waals surface area contributed by atoms with Crippen LogP contribution in [0, 0.1) is 6.92 Å². The van der Waals surface area contributed by atoms with Gasteiger partial charge in [-0.1, -0.05) is 36.7 Å². The van der Waals surface area contributed by atoms with Crippen LogP contribution in [0.1, 0.15) is 29.9 Å². The molecule has 0 aliphatic heterocycles. The van der Waals surface area contributed by atoms with E-state index in [0.717, 1.165) is 34.4 Å². The normalized spacial score (nSPS) is 12.7. The van der Waals surface area contributed by atoms with Crippen molar-refractivity contribution >= 4 is 22.6 Å². The van der Waals surface area contributed by atoms with Crippen molar-refractivity contribution in [2.45, 2.75) is 19.9 Å². The number of hydrogen-bond donors (Lipinski definition) is 1. The van der Waals surface area contributed by atoms with Gasteiger partial charge in [-0.15, -0.1) is 0 Å². The van der Waals surface area contributed by atoms with Crippen LogP contribution in [0.15, 0.2) is 47.1 Å². The van der Waals surface area contributed by atoms with Gasteiger partial charge in [0, 0.05) is 17.8 Å². The van der Waals surface area contributed by atoms with Crippen LogP contribution in [0.2, 0.25) is 5.02 Å². The number of rotatable bonds is 4. The first-order valence-corrected chi connectivity index (χ1v) is 7.39. The number of aryl methyl sites for hydroxylation is 1. The van der Waals surface area contributed by atoms with Gasteiger partial charge in [0.15, 0.2) is 5.58 Å². The molecule has 2 heterocycles. The Bertz CT molecular complexity index is 766. The van der Waals surface area contributed by atoms with E-state index in [1.165, 1.54) is 0 Å². The molecule has 0 saturated heterocycles. The molecule has 0 spiro atoms. The average Bonchev–Trinajstić information content (AvgIpc) is 2.90. The van der Waals surface area contributed by atoms with Crippen LogP contribution in [0.4, 0.5) is 0 Å². The van der Waals surface area contributed by atoms with Crippen LogP contribution in [0.5, 0.6) is 0 Å². The minimum Gasteiger partial charge on any atom is -0.457 e. The van der Waals surface area contributed by atoms with Gasteiger partial charge in [-0.25, -0.2) is 0 Å². The maximum atomic E-state index is 6.20. The number of furan rings is 1. The third-order valence-corrected chi connectivity index (χ3v) is 3.73. The highest BCUT2D eigenvalue weighted by atomic mass is 35.5. The number of fused-ring (bicyclic) bond motifs is 1. The molecule has 2 aromatic heterocycles. The van der Waals surface area contributed by atoms with E-state index in [4.69, 9.17) is 16.0 Å². The van der Waals surface area contributed by atoms with Crippen molar-refractivity contribution in [3.63, 3.8) is 0 Å². The minimum atomic E-state index is -0.0223. The van der Waals surface area contributed by atoms with E-state index in [-0.39, 0.29) is 6.04 Å². The van der Waals surface area contributed by atoms with Crippen molar-refractivity contribution in [3.8, 4) is 0 Å². The molecule has 0 aliphatic rings. The third kappa shape index (κ3) is 2.80. The molecule has 0 saturated carbocycles. The molecule has 21 heavy (non-hydrogen) atoms. The molecule has 1 unspecified atom stereocenters. The lowest BCUT2D eigenvalue weighted by molar-refractivity contribution is 0.476. The highest BCUT2D eigenvalue weighted by Crippen LogP contribution is 2.31. The predicted octanol–water partition coefficient (Wildman–Crippen LogP) is 4.49. The van der Waals surface area contributed by atoms with Crippen molar-refractivity contribution < 1.29 is 4.42 Å². The summed E-state index contributed by atoms with van der Waals surface area (Å²) >= 11 is 6.20. The zero-order valence-electron chi connectivity index (χ0n) is 12.1. The lowest BCUT2D eigenvalue weighted by Gasteiger charge is -2.15. The summed E-state index contributed by atoms with van der Waals surface area (Å²) in [7, 11) is 0. The van der Waals surface area contributed by atoms with Crippen molar-refractivity contribution in [2.75, 3.05) is 6.54 Å². The van der Waals surface area contributed by atoms with Gasteiger partial charge in [0.05, 0.1) is 11.1 Å². The molecule has 3 nitrogen and oxygen atoms in total. The largest absolute Gasteiger partial charge is 0.457 e. The lowest BCUT2D eigenvalue weighted by atomic mass is 10.0. The fraction of sp³-hybridized carbons (Fsp3) is 0.235. The average molecular weight is 301 g/mol. The van der Waals surface area contributed by atoms with E-state index in [1.54, 1.807) is 0 Å². The van der Waals surface area contributed by atoms with Crippen LogP contribution in [0.25, 0.3) is 11.0 Å². The molecule has 0 aliphatic carbocycles. The van der Waals surface area contributed by atoms with Gasteiger partial charge in [0.25, 0.3) is 0 Å². The maximum absolute atomic E-state index is 6.20. The van der Waals surface area contributed by atoms with E-state index in [1.807, 2.05) is 43.6 Å². The van der Waals surface area contributed by atoms with Gasteiger partial charge in [-0.2, -0.15) is 0 Å². The number of halogens is 1. The highest BCUT2D eigenvalue weighted by molar-refractivity contribution is 6.34. The number of hydrogen-bond acceptors (Lipinski definition) is 3. The van der Waals surface area contributed by atoms with Crippen LogP contribution in [-0.4, -0.2) is 11.5 Å². The molecule has 0 fully saturated rings. The zero-order chi connectivity index (χ0) is 14.8. The zero-order valence-corrected chi connectivity index (χ0v) is 12.8. The summed E-state index contributed by atoms with van der Waals surface area (Å²) in [6, 6.07) is 9.91. The number of nitrogens with one attached hydrogen (secondary N) is 1. The topological polar surface area (TPSA) is 38.1 Å². The highest BCUT2D eigenvalue weighted by Gasteiger charge is 2.19. The Morgan fingerprint density at radius 3 is 2.86 bits per heavy atom. The molecule has 0 amide bonds. The summed E-state index contributed by atoms with van der Waals surface area (Å²) in [6.07, 6.45) is 3.72. The summed E-state index contributed by atoms with van der Waals surface area (Å²) in [6.45, 7) is 4.95. The van der Waals surface area contributed by atoms with Crippen molar-refractivity contribution in [3.05, 3.63) is 64.6 Å². The first-order valence-electron chi connectivity index (χ1n) is 7.02. The monoisotopic (exact) mass is 300 g/mol. The van der Waals surface area contributed by atoms with Gasteiger partial charge in [-0.3, -0.25) is 4.98 Å². The SMILES string of the molecule is CCNC(c1cncc(C)c1)c1cc2cccc(Cl)c2o1. The van der Waals surface area contributed by atoms with Gasteiger partial charge in [-0.05, 0) is 36.7 Å². The number of para-hydroxylation sites is 1. The molecule has 0 bridgehead atoms. The molecule has 4 heteroatoms. The van der Waals surface area contributed by atoms with Crippen LogP contribution < -0.4 is 5.32 Å². The molecule has 0 radical (unpaired) electrons. The summed E-state index contributed by atoms with van der Waals surface area (Å²) in [5.74, 6) is 0.854. The van der Waals surface area contributed by atoms with Crippen LogP contribution in [-0.2, 0) is 0 Å². The quantitative estimate of drug-likeness (QED) is 0.771. The van der Waals surface area contributed by atoms with E-state index < -0.39 is 0 Å². The molecular formula is C17H17ClN2O. The van der Waals surface area contributed by atoms with E-state index in [9.17, 15) is 0 Å². The van der Waals surface area contributed by atoms with Crippen LogP contribution in [0.3, 0.4) is 0 Å². The Morgan fingerprint density at radius 2 is 2.14 bits per heavy atom. The van der Waals surface area contributed by atoms with Crippen LogP contribution >= 0.6 is 11.6 Å². The fourth-order valence-electron chi connectivity index (χ4n) is 2.51.